The van der Waals surface area contributed by atoms with E-state index >= 15 is 0 Å². The van der Waals surface area contributed by atoms with Crippen LogP contribution in [-0.4, -0.2) is 54.3 Å². The Morgan fingerprint density at radius 1 is 1.00 bits per heavy atom. The number of hydrogen-bond acceptors (Lipinski definition) is 3. The van der Waals surface area contributed by atoms with Gasteiger partial charge in [-0.2, -0.15) is 35.1 Å². The molecule has 0 fully saturated rings. The molecule has 1 aromatic rings. The van der Waals surface area contributed by atoms with Gasteiger partial charge in [0.25, 0.3) is 0 Å². The normalized spacial score (nSPS) is 14.7. The van der Waals surface area contributed by atoms with Crippen LogP contribution in [0.4, 0.5) is 35.1 Å². The molecular weight excluding hydrogens is 414 g/mol. The first-order valence-corrected chi connectivity index (χ1v) is 8.78. The molecule has 1 aromatic carbocycles. The van der Waals surface area contributed by atoms with Gasteiger partial charge < -0.3 is 9.84 Å². The van der Waals surface area contributed by atoms with Crippen LogP contribution in [0.25, 0.3) is 0 Å². The molecule has 1 unspecified atom stereocenters. The molecule has 0 aliphatic heterocycles. The van der Waals surface area contributed by atoms with Crippen molar-refractivity contribution in [3.05, 3.63) is 35.4 Å². The molecule has 3 nitrogen and oxygen atoms in total. The number of aliphatic hydroxyl groups excluding tert-OH is 1. The highest BCUT2D eigenvalue weighted by Crippen LogP contribution is 2.45. The third-order valence-electron chi connectivity index (χ3n) is 3.98. The Labute approximate surface area is 163 Å². The summed E-state index contributed by atoms with van der Waals surface area (Å²) in [5.41, 5.74) is -1.81. The molecule has 1 atom stereocenters. The van der Waals surface area contributed by atoms with E-state index < -0.39 is 48.6 Å². The van der Waals surface area contributed by atoms with Crippen molar-refractivity contribution in [2.45, 2.75) is 57.3 Å². The Bertz CT molecular complexity index is 631. The smallest absolute Gasteiger partial charge is 0.382 e. The largest absolute Gasteiger partial charge is 0.458 e. The van der Waals surface area contributed by atoms with E-state index in [1.165, 1.54) is 6.07 Å². The average molecular weight is 437 g/mol. The number of alkyl halides is 8. The second kappa shape index (κ2) is 10.0. The van der Waals surface area contributed by atoms with Crippen molar-refractivity contribution in [2.24, 2.45) is 0 Å². The Morgan fingerprint density at radius 2 is 1.59 bits per heavy atom. The van der Waals surface area contributed by atoms with E-state index in [-0.39, 0.29) is 25.7 Å². The molecule has 0 bridgehead atoms. The summed E-state index contributed by atoms with van der Waals surface area (Å²) >= 11 is 0. The molecule has 0 saturated carbocycles. The number of ether oxygens (including phenoxy) is 1. The summed E-state index contributed by atoms with van der Waals surface area (Å²) in [5.74, 6) is -5.17. The van der Waals surface area contributed by atoms with Crippen molar-refractivity contribution in [2.75, 3.05) is 19.7 Å². The molecule has 0 aliphatic carbocycles. The predicted octanol–water partition coefficient (Wildman–Crippen LogP) is 4.88. The van der Waals surface area contributed by atoms with E-state index in [1.54, 1.807) is 13.8 Å². The average Bonchev–Trinajstić information content (AvgIpc) is 2.56. The minimum Gasteiger partial charge on any atom is -0.382 e. The van der Waals surface area contributed by atoms with Crippen LogP contribution in [0.3, 0.4) is 0 Å². The van der Waals surface area contributed by atoms with Crippen LogP contribution in [-0.2, 0) is 17.2 Å². The Kier molecular flexibility index (Phi) is 8.85. The van der Waals surface area contributed by atoms with E-state index in [0.29, 0.717) is 6.07 Å². The van der Waals surface area contributed by atoms with Gasteiger partial charge in [0.15, 0.2) is 6.10 Å². The third-order valence-corrected chi connectivity index (χ3v) is 3.98. The maximum Gasteiger partial charge on any atom is 0.458 e. The van der Waals surface area contributed by atoms with Crippen molar-refractivity contribution in [1.82, 2.24) is 4.90 Å². The molecule has 0 aromatic heterocycles. The molecule has 0 spiro atoms. The van der Waals surface area contributed by atoms with Crippen LogP contribution in [0.5, 0.6) is 0 Å². The van der Waals surface area contributed by atoms with E-state index in [9.17, 15) is 40.2 Å². The number of halogens is 8. The van der Waals surface area contributed by atoms with Gasteiger partial charge >= 0.3 is 18.3 Å². The summed E-state index contributed by atoms with van der Waals surface area (Å²) in [6.07, 6.45) is -13.5. The quantitative estimate of drug-likeness (QED) is 0.418. The molecule has 1 N–H and O–H groups in total. The first-order chi connectivity index (χ1) is 13.2. The topological polar surface area (TPSA) is 32.7 Å². The zero-order valence-corrected chi connectivity index (χ0v) is 15.8. The lowest BCUT2D eigenvalue weighted by Crippen LogP contribution is -2.42. The lowest BCUT2D eigenvalue weighted by Gasteiger charge is -2.29. The fourth-order valence-electron chi connectivity index (χ4n) is 2.55. The van der Waals surface area contributed by atoms with Crippen LogP contribution in [0.1, 0.15) is 31.4 Å². The molecule has 1 rings (SSSR count). The first kappa shape index (κ1) is 25.6. The Morgan fingerprint density at radius 3 is 2.10 bits per heavy atom. The second-order valence-electron chi connectivity index (χ2n) is 6.79. The van der Waals surface area contributed by atoms with Crippen molar-refractivity contribution in [3.63, 3.8) is 0 Å². The number of aliphatic hydroxyl groups is 1. The van der Waals surface area contributed by atoms with Crippen LogP contribution in [0.2, 0.25) is 0 Å². The number of benzene rings is 1. The first-order valence-electron chi connectivity index (χ1n) is 8.78. The minimum absolute atomic E-state index is 0.105. The molecule has 29 heavy (non-hydrogen) atoms. The summed E-state index contributed by atoms with van der Waals surface area (Å²) in [4.78, 5) is 0.979. The highest BCUT2D eigenvalue weighted by molar-refractivity contribution is 5.32. The molecule has 0 aliphatic rings. The van der Waals surface area contributed by atoms with E-state index in [0.717, 1.165) is 17.0 Å². The van der Waals surface area contributed by atoms with Gasteiger partial charge in [0.2, 0.25) is 0 Å². The van der Waals surface area contributed by atoms with E-state index in [2.05, 4.69) is 0 Å². The number of nitrogens with zero attached hydrogens (tertiary/aromatic N) is 1. The summed E-state index contributed by atoms with van der Waals surface area (Å²) in [5, 5.41) is 9.31. The lowest BCUT2D eigenvalue weighted by molar-refractivity contribution is -0.289. The van der Waals surface area contributed by atoms with Crippen molar-refractivity contribution < 1.29 is 45.0 Å². The third kappa shape index (κ3) is 7.71. The standard InChI is InChI=1S/C18H23F8NO2/c1-12(2)29-9-5-8-27(11-15(28)17(21,22)23)10-13-6-3-4-7-14(13)16(19,20)18(24,25)26/h3-4,6-7,12,15,28H,5,8-11H2,1-2H3. The fraction of sp³-hybridized carbons (Fsp3) is 0.667. The summed E-state index contributed by atoms with van der Waals surface area (Å²) in [6, 6.07) is 3.78. The minimum atomic E-state index is -5.86. The molecule has 0 radical (unpaired) electrons. The van der Waals surface area contributed by atoms with Gasteiger partial charge in [-0.05, 0) is 25.8 Å². The molecule has 0 amide bonds. The van der Waals surface area contributed by atoms with Gasteiger partial charge in [0, 0.05) is 31.8 Å². The molecular formula is C18H23F8NO2. The van der Waals surface area contributed by atoms with E-state index in [4.69, 9.17) is 4.74 Å². The SMILES string of the molecule is CC(C)OCCCN(Cc1ccccc1C(F)(F)C(F)(F)F)CC(O)C(F)(F)F. The van der Waals surface area contributed by atoms with Crippen LogP contribution in [0.15, 0.2) is 24.3 Å². The molecule has 168 valence electrons. The summed E-state index contributed by atoms with van der Waals surface area (Å²) in [6.45, 7) is 1.91. The monoisotopic (exact) mass is 437 g/mol. The molecule has 0 saturated heterocycles. The van der Waals surface area contributed by atoms with Gasteiger partial charge in [-0.3, -0.25) is 4.90 Å². The summed E-state index contributed by atoms with van der Waals surface area (Å²) < 4.78 is 109. The second-order valence-corrected chi connectivity index (χ2v) is 6.79. The highest BCUT2D eigenvalue weighted by Gasteiger charge is 2.59. The number of hydrogen-bond donors (Lipinski definition) is 1. The fourth-order valence-corrected chi connectivity index (χ4v) is 2.55. The van der Waals surface area contributed by atoms with E-state index in [1.807, 2.05) is 0 Å². The van der Waals surface area contributed by atoms with Gasteiger partial charge in [-0.15, -0.1) is 0 Å². The Balaban J connectivity index is 3.06. The van der Waals surface area contributed by atoms with Crippen molar-refractivity contribution in [3.8, 4) is 0 Å². The maximum absolute atomic E-state index is 13.8. The molecule has 0 heterocycles. The van der Waals surface area contributed by atoms with Crippen LogP contribution >= 0.6 is 0 Å². The van der Waals surface area contributed by atoms with Crippen LogP contribution < -0.4 is 0 Å². The van der Waals surface area contributed by atoms with Gasteiger partial charge in [0.05, 0.1) is 6.10 Å². The highest BCUT2D eigenvalue weighted by atomic mass is 19.4. The lowest BCUT2D eigenvalue weighted by atomic mass is 10.0. The van der Waals surface area contributed by atoms with Crippen molar-refractivity contribution in [1.29, 1.82) is 0 Å². The molecule has 11 heteroatoms. The van der Waals surface area contributed by atoms with Crippen LogP contribution in [0, 0.1) is 0 Å². The number of rotatable bonds is 10. The predicted molar refractivity (Wildman–Crippen MR) is 89.4 cm³/mol. The van der Waals surface area contributed by atoms with Gasteiger partial charge in [0.1, 0.15) is 0 Å². The maximum atomic E-state index is 13.8. The van der Waals surface area contributed by atoms with Crippen molar-refractivity contribution >= 4 is 0 Å². The zero-order valence-electron chi connectivity index (χ0n) is 15.8. The zero-order chi connectivity index (χ0) is 22.5. The van der Waals surface area contributed by atoms with Gasteiger partial charge in [-0.25, -0.2) is 0 Å². The van der Waals surface area contributed by atoms with Gasteiger partial charge in [-0.1, -0.05) is 24.3 Å². The Hall–Kier alpha value is -1.46. The summed E-state index contributed by atoms with van der Waals surface area (Å²) in [7, 11) is 0.